The Hall–Kier alpha value is -2.22. The molecule has 1 amide bonds. The van der Waals surface area contributed by atoms with E-state index in [9.17, 15) is 9.59 Å². The van der Waals surface area contributed by atoms with Crippen LogP contribution < -0.4 is 5.32 Å². The Bertz CT molecular complexity index is 721. The van der Waals surface area contributed by atoms with E-state index in [0.29, 0.717) is 22.3 Å². The van der Waals surface area contributed by atoms with Crippen molar-refractivity contribution in [1.29, 1.82) is 0 Å². The van der Waals surface area contributed by atoms with Crippen molar-refractivity contribution >= 4 is 29.1 Å². The maximum absolute atomic E-state index is 12.0. The molecule has 23 heavy (non-hydrogen) atoms. The summed E-state index contributed by atoms with van der Waals surface area (Å²) in [7, 11) is 0. The van der Waals surface area contributed by atoms with Crippen molar-refractivity contribution in [3.63, 3.8) is 0 Å². The molecule has 1 heterocycles. The van der Waals surface area contributed by atoms with Gasteiger partial charge in [-0.1, -0.05) is 38.6 Å². The molecule has 7 nitrogen and oxygen atoms in total. The summed E-state index contributed by atoms with van der Waals surface area (Å²) < 4.78 is 1.55. The summed E-state index contributed by atoms with van der Waals surface area (Å²) >= 11 is 1.29. The number of carbonyl (C=O) groups excluding carboxylic acids is 2. The van der Waals surface area contributed by atoms with Crippen LogP contribution in [-0.2, 0) is 9.59 Å². The van der Waals surface area contributed by atoms with E-state index in [-0.39, 0.29) is 11.7 Å². The average molecular weight is 333 g/mol. The Morgan fingerprint density at radius 1 is 1.30 bits per heavy atom. The molecule has 122 valence electrons. The van der Waals surface area contributed by atoms with Crippen molar-refractivity contribution in [2.45, 2.75) is 32.9 Å². The number of aromatic nitrogens is 4. The molecule has 0 aliphatic carbocycles. The molecule has 0 saturated carbocycles. The molecule has 1 aromatic carbocycles. The Morgan fingerprint density at radius 3 is 2.70 bits per heavy atom. The Morgan fingerprint density at radius 2 is 2.04 bits per heavy atom. The normalized spacial score (nSPS) is 11.3. The molecule has 8 heteroatoms. The van der Waals surface area contributed by atoms with E-state index < -0.39 is 5.41 Å². The second-order valence-electron chi connectivity index (χ2n) is 6.07. The molecule has 0 unspecified atom stereocenters. The van der Waals surface area contributed by atoms with Crippen LogP contribution in [0.3, 0.4) is 0 Å². The second-order valence-corrected chi connectivity index (χ2v) is 7.01. The van der Waals surface area contributed by atoms with Crippen molar-refractivity contribution in [1.82, 2.24) is 20.2 Å². The van der Waals surface area contributed by atoms with Crippen LogP contribution in [0.4, 0.5) is 5.69 Å². The lowest BCUT2D eigenvalue weighted by atomic mass is 9.92. The standard InChI is InChI=1S/C15H19N5O2S/c1-10(21)16-11-6-5-7-12(8-11)20-14(17-18-19-20)23-9-13(22)15(2,3)4/h5-8H,9H2,1-4H3,(H,16,21). The Labute approximate surface area is 138 Å². The summed E-state index contributed by atoms with van der Waals surface area (Å²) in [6.45, 7) is 7.10. The van der Waals surface area contributed by atoms with Gasteiger partial charge in [0.2, 0.25) is 11.1 Å². The van der Waals surface area contributed by atoms with Gasteiger partial charge in [0.1, 0.15) is 5.78 Å². The quantitative estimate of drug-likeness (QED) is 0.845. The molecule has 1 aromatic heterocycles. The van der Waals surface area contributed by atoms with Crippen molar-refractivity contribution < 1.29 is 9.59 Å². The van der Waals surface area contributed by atoms with Crippen LogP contribution in [0.15, 0.2) is 29.4 Å². The van der Waals surface area contributed by atoms with E-state index in [4.69, 9.17) is 0 Å². The summed E-state index contributed by atoms with van der Waals surface area (Å²) in [4.78, 5) is 23.2. The third kappa shape index (κ3) is 4.62. The van der Waals surface area contributed by atoms with Crippen LogP contribution in [0.2, 0.25) is 0 Å². The van der Waals surface area contributed by atoms with Gasteiger partial charge in [-0.25, -0.2) is 0 Å². The Balaban J connectivity index is 2.18. The molecule has 2 rings (SSSR count). The summed E-state index contributed by atoms with van der Waals surface area (Å²) in [6.07, 6.45) is 0. The summed E-state index contributed by atoms with van der Waals surface area (Å²) in [6, 6.07) is 7.19. The molecule has 0 atom stereocenters. The maximum Gasteiger partial charge on any atom is 0.221 e. The van der Waals surface area contributed by atoms with Crippen LogP contribution in [0.25, 0.3) is 5.69 Å². The molecule has 0 aliphatic heterocycles. The van der Waals surface area contributed by atoms with Gasteiger partial charge in [0, 0.05) is 18.0 Å². The number of Topliss-reactive ketones (excluding diaryl/α,β-unsaturated/α-hetero) is 1. The fourth-order valence-electron chi connectivity index (χ4n) is 1.70. The van der Waals surface area contributed by atoms with Crippen molar-refractivity contribution in [3.05, 3.63) is 24.3 Å². The third-order valence-corrected chi connectivity index (χ3v) is 3.94. The lowest BCUT2D eigenvalue weighted by Gasteiger charge is -2.15. The fraction of sp³-hybridized carbons (Fsp3) is 0.400. The molecule has 0 bridgehead atoms. The number of hydrogen-bond acceptors (Lipinski definition) is 6. The van der Waals surface area contributed by atoms with Gasteiger partial charge >= 0.3 is 0 Å². The van der Waals surface area contributed by atoms with Gasteiger partial charge < -0.3 is 5.32 Å². The maximum atomic E-state index is 12.0. The topological polar surface area (TPSA) is 89.8 Å². The molecule has 2 aromatic rings. The van der Waals surface area contributed by atoms with E-state index in [1.807, 2.05) is 26.8 Å². The van der Waals surface area contributed by atoms with Gasteiger partial charge in [0.25, 0.3) is 0 Å². The largest absolute Gasteiger partial charge is 0.326 e. The lowest BCUT2D eigenvalue weighted by molar-refractivity contribution is -0.123. The van der Waals surface area contributed by atoms with E-state index >= 15 is 0 Å². The van der Waals surface area contributed by atoms with Gasteiger partial charge in [-0.15, -0.1) is 5.10 Å². The first-order valence-electron chi connectivity index (χ1n) is 7.10. The number of nitrogens with zero attached hydrogens (tertiary/aromatic N) is 4. The molecular weight excluding hydrogens is 314 g/mol. The number of tetrazole rings is 1. The monoisotopic (exact) mass is 333 g/mol. The highest BCUT2D eigenvalue weighted by atomic mass is 32.2. The fourth-order valence-corrected chi connectivity index (χ4v) is 2.75. The molecule has 0 fully saturated rings. The van der Waals surface area contributed by atoms with Crippen molar-refractivity contribution in [2.24, 2.45) is 5.41 Å². The van der Waals surface area contributed by atoms with Gasteiger partial charge in [-0.2, -0.15) is 4.68 Å². The van der Waals surface area contributed by atoms with Gasteiger partial charge in [0.15, 0.2) is 0 Å². The summed E-state index contributed by atoms with van der Waals surface area (Å²) in [5.74, 6) is 0.281. The van der Waals surface area contributed by atoms with Crippen molar-refractivity contribution in [3.8, 4) is 5.69 Å². The zero-order valence-electron chi connectivity index (χ0n) is 13.5. The van der Waals surface area contributed by atoms with Gasteiger partial charge in [0.05, 0.1) is 11.4 Å². The minimum atomic E-state index is -0.392. The van der Waals surface area contributed by atoms with E-state index in [1.54, 1.807) is 22.9 Å². The first-order chi connectivity index (χ1) is 10.8. The highest BCUT2D eigenvalue weighted by Crippen LogP contribution is 2.24. The number of ketones is 1. The number of hydrogen-bond donors (Lipinski definition) is 1. The second kappa shape index (κ2) is 6.91. The molecular formula is C15H19N5O2S. The minimum Gasteiger partial charge on any atom is -0.326 e. The van der Waals surface area contributed by atoms with E-state index in [2.05, 4.69) is 20.8 Å². The lowest BCUT2D eigenvalue weighted by Crippen LogP contribution is -2.22. The predicted molar refractivity (Wildman–Crippen MR) is 88.6 cm³/mol. The first-order valence-corrected chi connectivity index (χ1v) is 8.08. The highest BCUT2D eigenvalue weighted by Gasteiger charge is 2.22. The Kier molecular flexibility index (Phi) is 5.15. The zero-order valence-corrected chi connectivity index (χ0v) is 14.3. The number of amides is 1. The van der Waals surface area contributed by atoms with Gasteiger partial charge in [-0.05, 0) is 28.6 Å². The molecule has 1 N–H and O–H groups in total. The number of rotatable bonds is 5. The first kappa shape index (κ1) is 17.1. The molecule has 0 radical (unpaired) electrons. The number of anilines is 1. The summed E-state index contributed by atoms with van der Waals surface area (Å²) in [5.41, 5.74) is 0.982. The smallest absolute Gasteiger partial charge is 0.221 e. The van der Waals surface area contributed by atoms with Crippen LogP contribution in [0, 0.1) is 5.41 Å². The zero-order chi connectivity index (χ0) is 17.0. The molecule has 0 aliphatic rings. The predicted octanol–water partition coefficient (Wildman–Crippen LogP) is 2.33. The van der Waals surface area contributed by atoms with E-state index in [1.165, 1.54) is 18.7 Å². The number of benzene rings is 1. The average Bonchev–Trinajstić information content (AvgIpc) is 2.91. The van der Waals surface area contributed by atoms with Crippen LogP contribution in [0.5, 0.6) is 0 Å². The number of thioether (sulfide) groups is 1. The summed E-state index contributed by atoms with van der Waals surface area (Å²) in [5, 5.41) is 14.8. The van der Waals surface area contributed by atoms with E-state index in [0.717, 1.165) is 0 Å². The minimum absolute atomic E-state index is 0.129. The third-order valence-electron chi connectivity index (χ3n) is 3.02. The van der Waals surface area contributed by atoms with Crippen LogP contribution >= 0.6 is 11.8 Å². The highest BCUT2D eigenvalue weighted by molar-refractivity contribution is 7.99. The number of nitrogens with one attached hydrogen (secondary N) is 1. The molecule has 0 spiro atoms. The van der Waals surface area contributed by atoms with Crippen molar-refractivity contribution in [2.75, 3.05) is 11.1 Å². The molecule has 0 saturated heterocycles. The van der Waals surface area contributed by atoms with Crippen LogP contribution in [-0.4, -0.2) is 37.7 Å². The van der Waals surface area contributed by atoms with Gasteiger partial charge in [-0.3, -0.25) is 9.59 Å². The SMILES string of the molecule is CC(=O)Nc1cccc(-n2nnnc2SCC(=O)C(C)(C)C)c1. The number of carbonyl (C=O) groups is 2. The van der Waals surface area contributed by atoms with Crippen LogP contribution in [0.1, 0.15) is 27.7 Å².